The first-order valence-electron chi connectivity index (χ1n) is 8.80. The fourth-order valence-corrected chi connectivity index (χ4v) is 2.40. The van der Waals surface area contributed by atoms with Crippen molar-refractivity contribution in [3.05, 3.63) is 53.7 Å². The van der Waals surface area contributed by atoms with Crippen molar-refractivity contribution in [3.63, 3.8) is 0 Å². The normalized spacial score (nSPS) is 10.3. The number of hydrogen-bond donors (Lipinski definition) is 1. The monoisotopic (exact) mass is 355 g/mol. The summed E-state index contributed by atoms with van der Waals surface area (Å²) in [6, 6.07) is 10.4. The molecule has 0 bridgehead atoms. The Morgan fingerprint density at radius 2 is 1.85 bits per heavy atom. The highest BCUT2D eigenvalue weighted by molar-refractivity contribution is 5.94. The third-order valence-corrected chi connectivity index (χ3v) is 3.87. The second-order valence-electron chi connectivity index (χ2n) is 5.93. The first-order valence-corrected chi connectivity index (χ1v) is 8.80. The molecule has 6 heteroatoms. The van der Waals surface area contributed by atoms with Gasteiger partial charge in [-0.3, -0.25) is 4.79 Å². The first-order chi connectivity index (χ1) is 12.5. The van der Waals surface area contributed by atoms with Crippen LogP contribution in [0.4, 0.5) is 11.5 Å². The Kier molecular flexibility index (Phi) is 7.14. The van der Waals surface area contributed by atoms with E-state index in [-0.39, 0.29) is 11.9 Å². The Morgan fingerprint density at radius 1 is 1.12 bits per heavy atom. The van der Waals surface area contributed by atoms with E-state index < -0.39 is 0 Å². The van der Waals surface area contributed by atoms with Crippen LogP contribution < -0.4 is 5.32 Å². The van der Waals surface area contributed by atoms with E-state index in [4.69, 9.17) is 4.74 Å². The number of nitrogens with one attached hydrogen (secondary N) is 1. The SMILES string of the molecule is CCCCN(C)C(=O)c1ccnc(Nc2ccc(C(=O)OCC)cc2)c1. The fraction of sp³-hybridized carbons (Fsp3) is 0.350. The van der Waals surface area contributed by atoms with E-state index in [0.29, 0.717) is 23.6 Å². The first kappa shape index (κ1) is 19.4. The van der Waals surface area contributed by atoms with Crippen LogP contribution in [0.3, 0.4) is 0 Å². The summed E-state index contributed by atoms with van der Waals surface area (Å²) >= 11 is 0. The standard InChI is InChI=1S/C20H25N3O3/c1-4-6-13-23(3)19(24)16-11-12-21-18(14-16)22-17-9-7-15(8-10-17)20(25)26-5-2/h7-12,14H,4-6,13H2,1-3H3,(H,21,22). The number of hydrogen-bond acceptors (Lipinski definition) is 5. The van der Waals surface area contributed by atoms with Gasteiger partial charge in [-0.05, 0) is 49.7 Å². The number of benzene rings is 1. The molecule has 0 atom stereocenters. The van der Waals surface area contributed by atoms with Gasteiger partial charge < -0.3 is 15.0 Å². The van der Waals surface area contributed by atoms with Crippen molar-refractivity contribution < 1.29 is 14.3 Å². The van der Waals surface area contributed by atoms with Crippen molar-refractivity contribution >= 4 is 23.4 Å². The molecule has 1 heterocycles. The molecular formula is C20H25N3O3. The Balaban J connectivity index is 2.06. The minimum atomic E-state index is -0.347. The molecule has 0 fully saturated rings. The van der Waals surface area contributed by atoms with Gasteiger partial charge in [-0.15, -0.1) is 0 Å². The molecule has 2 aromatic rings. The highest BCUT2D eigenvalue weighted by atomic mass is 16.5. The van der Waals surface area contributed by atoms with Crippen molar-refractivity contribution in [1.82, 2.24) is 9.88 Å². The second kappa shape index (κ2) is 9.56. The number of amides is 1. The van der Waals surface area contributed by atoms with E-state index in [1.165, 1.54) is 0 Å². The number of nitrogens with zero attached hydrogens (tertiary/aromatic N) is 2. The van der Waals surface area contributed by atoms with Gasteiger partial charge in [-0.2, -0.15) is 0 Å². The van der Waals surface area contributed by atoms with Crippen LogP contribution in [-0.4, -0.2) is 42.0 Å². The summed E-state index contributed by atoms with van der Waals surface area (Å²) in [5.41, 5.74) is 1.85. The van der Waals surface area contributed by atoms with E-state index in [1.54, 1.807) is 61.5 Å². The molecule has 0 radical (unpaired) electrons. The number of pyridine rings is 1. The summed E-state index contributed by atoms with van der Waals surface area (Å²) in [4.78, 5) is 30.1. The van der Waals surface area contributed by atoms with Crippen LogP contribution in [0.25, 0.3) is 0 Å². The quantitative estimate of drug-likeness (QED) is 0.728. The number of carbonyl (C=O) groups is 2. The highest BCUT2D eigenvalue weighted by Crippen LogP contribution is 2.17. The van der Waals surface area contributed by atoms with Crippen molar-refractivity contribution in [2.24, 2.45) is 0 Å². The molecule has 138 valence electrons. The molecule has 1 amide bonds. The number of ether oxygens (including phenoxy) is 1. The summed E-state index contributed by atoms with van der Waals surface area (Å²) in [6.45, 7) is 4.94. The van der Waals surface area contributed by atoms with Gasteiger partial charge >= 0.3 is 5.97 Å². The smallest absolute Gasteiger partial charge is 0.338 e. The van der Waals surface area contributed by atoms with Gasteiger partial charge in [0.1, 0.15) is 5.82 Å². The third-order valence-electron chi connectivity index (χ3n) is 3.87. The molecule has 6 nitrogen and oxygen atoms in total. The zero-order chi connectivity index (χ0) is 18.9. The van der Waals surface area contributed by atoms with Gasteiger partial charge in [0.05, 0.1) is 12.2 Å². The van der Waals surface area contributed by atoms with Gasteiger partial charge in [0.2, 0.25) is 0 Å². The number of carbonyl (C=O) groups excluding carboxylic acids is 2. The van der Waals surface area contributed by atoms with Gasteiger partial charge in [-0.25, -0.2) is 9.78 Å². The van der Waals surface area contributed by atoms with Crippen LogP contribution in [0.2, 0.25) is 0 Å². The number of aromatic nitrogens is 1. The number of rotatable bonds is 8. The summed E-state index contributed by atoms with van der Waals surface area (Å²) in [7, 11) is 1.81. The number of esters is 1. The van der Waals surface area contributed by atoms with Crippen molar-refractivity contribution in [2.75, 3.05) is 25.5 Å². The molecule has 26 heavy (non-hydrogen) atoms. The third kappa shape index (κ3) is 5.31. The Morgan fingerprint density at radius 3 is 2.50 bits per heavy atom. The summed E-state index contributed by atoms with van der Waals surface area (Å²) in [5, 5.41) is 3.15. The van der Waals surface area contributed by atoms with Gasteiger partial charge in [-0.1, -0.05) is 13.3 Å². The average Bonchev–Trinajstić information content (AvgIpc) is 2.66. The lowest BCUT2D eigenvalue weighted by atomic mass is 10.2. The maximum Gasteiger partial charge on any atom is 0.338 e. The maximum absolute atomic E-state index is 12.5. The van der Waals surface area contributed by atoms with Crippen LogP contribution in [-0.2, 0) is 4.74 Å². The molecule has 2 rings (SSSR count). The van der Waals surface area contributed by atoms with E-state index in [1.807, 2.05) is 0 Å². The largest absolute Gasteiger partial charge is 0.462 e. The molecular weight excluding hydrogens is 330 g/mol. The Bertz CT molecular complexity index is 744. The zero-order valence-corrected chi connectivity index (χ0v) is 15.5. The molecule has 0 aliphatic heterocycles. The maximum atomic E-state index is 12.5. The molecule has 0 unspecified atom stereocenters. The molecule has 0 spiro atoms. The van der Waals surface area contributed by atoms with Crippen molar-refractivity contribution in [1.29, 1.82) is 0 Å². The number of unbranched alkanes of at least 4 members (excludes halogenated alkanes) is 1. The van der Waals surface area contributed by atoms with Crippen LogP contribution >= 0.6 is 0 Å². The Labute approximate surface area is 154 Å². The van der Waals surface area contributed by atoms with E-state index in [0.717, 1.165) is 25.1 Å². The van der Waals surface area contributed by atoms with Crippen LogP contribution in [0.5, 0.6) is 0 Å². The predicted octanol–water partition coefficient (Wildman–Crippen LogP) is 3.87. The minimum Gasteiger partial charge on any atom is -0.462 e. The van der Waals surface area contributed by atoms with E-state index >= 15 is 0 Å². The van der Waals surface area contributed by atoms with Gasteiger partial charge in [0, 0.05) is 31.0 Å². The molecule has 1 aromatic carbocycles. The highest BCUT2D eigenvalue weighted by Gasteiger charge is 2.12. The fourth-order valence-electron chi connectivity index (χ4n) is 2.40. The van der Waals surface area contributed by atoms with E-state index in [2.05, 4.69) is 17.2 Å². The second-order valence-corrected chi connectivity index (χ2v) is 5.93. The molecule has 0 saturated heterocycles. The van der Waals surface area contributed by atoms with Gasteiger partial charge in [0.15, 0.2) is 0 Å². The predicted molar refractivity (Wildman–Crippen MR) is 102 cm³/mol. The zero-order valence-electron chi connectivity index (χ0n) is 15.5. The molecule has 1 N–H and O–H groups in total. The van der Waals surface area contributed by atoms with Crippen LogP contribution in [0.1, 0.15) is 47.4 Å². The van der Waals surface area contributed by atoms with E-state index in [9.17, 15) is 9.59 Å². The lowest BCUT2D eigenvalue weighted by Gasteiger charge is -2.17. The molecule has 0 saturated carbocycles. The topological polar surface area (TPSA) is 71.5 Å². The van der Waals surface area contributed by atoms with Crippen LogP contribution in [0, 0.1) is 0 Å². The van der Waals surface area contributed by atoms with Crippen molar-refractivity contribution in [3.8, 4) is 0 Å². The Hall–Kier alpha value is -2.89. The van der Waals surface area contributed by atoms with Crippen molar-refractivity contribution in [2.45, 2.75) is 26.7 Å². The van der Waals surface area contributed by atoms with Crippen LogP contribution in [0.15, 0.2) is 42.6 Å². The summed E-state index contributed by atoms with van der Waals surface area (Å²) < 4.78 is 4.96. The average molecular weight is 355 g/mol. The minimum absolute atomic E-state index is 0.0263. The van der Waals surface area contributed by atoms with Gasteiger partial charge in [0.25, 0.3) is 5.91 Å². The lowest BCUT2D eigenvalue weighted by Crippen LogP contribution is -2.27. The number of anilines is 2. The summed E-state index contributed by atoms with van der Waals surface area (Å²) in [5.74, 6) is 0.199. The molecule has 0 aliphatic carbocycles. The lowest BCUT2D eigenvalue weighted by molar-refractivity contribution is 0.0526. The molecule has 1 aromatic heterocycles. The molecule has 0 aliphatic rings. The summed E-state index contributed by atoms with van der Waals surface area (Å²) in [6.07, 6.45) is 3.63.